The summed E-state index contributed by atoms with van der Waals surface area (Å²) in [6.45, 7) is 3.49. The lowest BCUT2D eigenvalue weighted by atomic mass is 10.1. The van der Waals surface area contributed by atoms with E-state index in [1.54, 1.807) is 25.3 Å². The number of carbonyl (C=O) groups is 1. The lowest BCUT2D eigenvalue weighted by Crippen LogP contribution is -2.27. The first-order valence-corrected chi connectivity index (χ1v) is 6.86. The van der Waals surface area contributed by atoms with Gasteiger partial charge in [-0.15, -0.1) is 0 Å². The Bertz CT molecular complexity index is 517. The van der Waals surface area contributed by atoms with E-state index in [2.05, 4.69) is 17.2 Å². The van der Waals surface area contributed by atoms with Crippen molar-refractivity contribution in [1.29, 1.82) is 0 Å². The number of ether oxygens (including phenoxy) is 2. The fourth-order valence-electron chi connectivity index (χ4n) is 1.64. The summed E-state index contributed by atoms with van der Waals surface area (Å²) in [7, 11) is 1.55. The summed E-state index contributed by atoms with van der Waals surface area (Å²) < 4.78 is 10.4. The summed E-state index contributed by atoms with van der Waals surface area (Å²) in [5, 5.41) is 11.5. The van der Waals surface area contributed by atoms with Crippen LogP contribution in [0.25, 0.3) is 0 Å². The Kier molecular flexibility index (Phi) is 7.95. The van der Waals surface area contributed by atoms with Crippen LogP contribution in [0.3, 0.4) is 0 Å². The highest BCUT2D eigenvalue weighted by atomic mass is 16.5. The first-order chi connectivity index (χ1) is 10.2. The van der Waals surface area contributed by atoms with Crippen molar-refractivity contribution in [2.24, 2.45) is 0 Å². The minimum absolute atomic E-state index is 0.00687. The largest absolute Gasteiger partial charge is 0.495 e. The van der Waals surface area contributed by atoms with Crippen molar-refractivity contribution in [3.05, 3.63) is 29.3 Å². The molecule has 1 aromatic carbocycles. The van der Waals surface area contributed by atoms with Crippen molar-refractivity contribution in [1.82, 2.24) is 5.32 Å². The zero-order valence-electron chi connectivity index (χ0n) is 12.4. The molecule has 0 aliphatic rings. The summed E-state index contributed by atoms with van der Waals surface area (Å²) in [5.41, 5.74) is 1.14. The van der Waals surface area contributed by atoms with Crippen LogP contribution in [0.2, 0.25) is 0 Å². The minimum atomic E-state index is -0.178. The molecule has 1 amide bonds. The van der Waals surface area contributed by atoms with Crippen molar-refractivity contribution in [3.63, 3.8) is 0 Å². The van der Waals surface area contributed by atoms with Crippen LogP contribution in [0, 0.1) is 11.8 Å². The fourth-order valence-corrected chi connectivity index (χ4v) is 1.64. The maximum atomic E-state index is 12.0. The summed E-state index contributed by atoms with van der Waals surface area (Å²) in [6.07, 6.45) is 0.383. The van der Waals surface area contributed by atoms with Crippen molar-refractivity contribution in [2.45, 2.75) is 13.3 Å². The quantitative estimate of drug-likeness (QED) is 0.585. The highest BCUT2D eigenvalue weighted by molar-refractivity contribution is 5.94. The highest BCUT2D eigenvalue weighted by Crippen LogP contribution is 2.18. The van der Waals surface area contributed by atoms with E-state index in [1.807, 2.05) is 6.92 Å². The number of benzene rings is 1. The predicted octanol–water partition coefficient (Wildman–Crippen LogP) is 1.20. The molecule has 5 heteroatoms. The standard InChI is InChI=1S/C16H21NO4/c1-3-21-11-9-17-16(19)14-7-8-15(20-2)13(12-14)6-4-5-10-18/h7-8,12,18H,3,5,9-11H2,1-2H3,(H,17,19). The predicted molar refractivity (Wildman–Crippen MR) is 80.4 cm³/mol. The second-order valence-corrected chi connectivity index (χ2v) is 4.14. The summed E-state index contributed by atoms with van der Waals surface area (Å²) in [6, 6.07) is 5.08. The molecule has 0 aromatic heterocycles. The number of hydrogen-bond acceptors (Lipinski definition) is 4. The molecule has 2 N–H and O–H groups in total. The maximum Gasteiger partial charge on any atom is 0.251 e. The lowest BCUT2D eigenvalue weighted by Gasteiger charge is -2.08. The molecule has 0 saturated heterocycles. The van der Waals surface area contributed by atoms with Crippen molar-refractivity contribution in [2.75, 3.05) is 33.5 Å². The third-order valence-electron chi connectivity index (χ3n) is 2.66. The van der Waals surface area contributed by atoms with E-state index in [1.165, 1.54) is 0 Å². The molecule has 5 nitrogen and oxygen atoms in total. The van der Waals surface area contributed by atoms with Gasteiger partial charge in [0.15, 0.2) is 0 Å². The molecule has 0 aliphatic carbocycles. The fraction of sp³-hybridized carbons (Fsp3) is 0.438. The van der Waals surface area contributed by atoms with Gasteiger partial charge < -0.3 is 19.9 Å². The number of rotatable bonds is 7. The van der Waals surface area contributed by atoms with Crippen molar-refractivity contribution >= 4 is 5.91 Å². The molecule has 0 saturated carbocycles. The molecule has 0 radical (unpaired) electrons. The molecule has 1 rings (SSSR count). The number of amides is 1. The topological polar surface area (TPSA) is 67.8 Å². The van der Waals surface area contributed by atoms with Gasteiger partial charge in [-0.05, 0) is 25.1 Å². The Labute approximate surface area is 125 Å². The molecule has 0 heterocycles. The monoisotopic (exact) mass is 291 g/mol. The molecule has 1 aromatic rings. The number of aliphatic hydroxyl groups is 1. The molecule has 0 unspecified atom stereocenters. The van der Waals surface area contributed by atoms with Gasteiger partial charge in [0.1, 0.15) is 5.75 Å². The molecule has 0 aliphatic heterocycles. The van der Waals surface area contributed by atoms with Gasteiger partial charge >= 0.3 is 0 Å². The molecule has 21 heavy (non-hydrogen) atoms. The Morgan fingerprint density at radius 2 is 2.24 bits per heavy atom. The van der Waals surface area contributed by atoms with E-state index in [-0.39, 0.29) is 12.5 Å². The Balaban J connectivity index is 2.77. The SMILES string of the molecule is CCOCCNC(=O)c1ccc(OC)c(C#CCCO)c1. The molecular weight excluding hydrogens is 270 g/mol. The first-order valence-electron chi connectivity index (χ1n) is 6.86. The van der Waals surface area contributed by atoms with E-state index in [0.717, 1.165) is 0 Å². The number of methoxy groups -OCH3 is 1. The van der Waals surface area contributed by atoms with Gasteiger partial charge in [0.25, 0.3) is 5.91 Å². The van der Waals surface area contributed by atoms with E-state index < -0.39 is 0 Å². The minimum Gasteiger partial charge on any atom is -0.495 e. The number of nitrogens with one attached hydrogen (secondary N) is 1. The average molecular weight is 291 g/mol. The zero-order chi connectivity index (χ0) is 15.5. The van der Waals surface area contributed by atoms with Crippen LogP contribution in [-0.2, 0) is 4.74 Å². The molecule has 0 bridgehead atoms. The van der Waals surface area contributed by atoms with E-state index in [9.17, 15) is 4.79 Å². The van der Waals surface area contributed by atoms with Gasteiger partial charge in [-0.3, -0.25) is 4.79 Å². The van der Waals surface area contributed by atoms with Gasteiger partial charge in [-0.1, -0.05) is 11.8 Å². The molecule has 0 spiro atoms. The zero-order valence-corrected chi connectivity index (χ0v) is 12.4. The van der Waals surface area contributed by atoms with Crippen LogP contribution >= 0.6 is 0 Å². The third kappa shape index (κ3) is 5.86. The lowest BCUT2D eigenvalue weighted by molar-refractivity contribution is 0.0922. The van der Waals surface area contributed by atoms with Crippen LogP contribution < -0.4 is 10.1 Å². The van der Waals surface area contributed by atoms with E-state index in [4.69, 9.17) is 14.6 Å². The number of aliphatic hydroxyl groups excluding tert-OH is 1. The van der Waals surface area contributed by atoms with E-state index >= 15 is 0 Å². The van der Waals surface area contributed by atoms with Crippen molar-refractivity contribution in [3.8, 4) is 17.6 Å². The average Bonchev–Trinajstić information content (AvgIpc) is 2.51. The Morgan fingerprint density at radius 3 is 2.90 bits per heavy atom. The van der Waals surface area contributed by atoms with Crippen LogP contribution in [0.4, 0.5) is 0 Å². The normalized spacial score (nSPS) is 9.67. The summed E-state index contributed by atoms with van der Waals surface area (Å²) in [4.78, 5) is 12.0. The smallest absolute Gasteiger partial charge is 0.251 e. The van der Waals surface area contributed by atoms with Gasteiger partial charge in [-0.25, -0.2) is 0 Å². The third-order valence-corrected chi connectivity index (χ3v) is 2.66. The molecular formula is C16H21NO4. The van der Waals surface area contributed by atoms with Gasteiger partial charge in [-0.2, -0.15) is 0 Å². The number of hydrogen-bond donors (Lipinski definition) is 2. The summed E-state index contributed by atoms with van der Waals surface area (Å²) >= 11 is 0. The second kappa shape index (κ2) is 9.81. The van der Waals surface area contributed by atoms with Crippen molar-refractivity contribution < 1.29 is 19.4 Å². The van der Waals surface area contributed by atoms with Gasteiger partial charge in [0.2, 0.25) is 0 Å². The van der Waals surface area contributed by atoms with Crippen LogP contribution in [0.5, 0.6) is 5.75 Å². The second-order valence-electron chi connectivity index (χ2n) is 4.14. The van der Waals surface area contributed by atoms with E-state index in [0.29, 0.717) is 43.1 Å². The maximum absolute atomic E-state index is 12.0. The van der Waals surface area contributed by atoms with Gasteiger partial charge in [0.05, 0.1) is 25.9 Å². The molecule has 0 fully saturated rings. The van der Waals surface area contributed by atoms with Crippen LogP contribution in [0.15, 0.2) is 18.2 Å². The molecule has 0 atom stereocenters. The van der Waals surface area contributed by atoms with Crippen LogP contribution in [0.1, 0.15) is 29.3 Å². The number of carbonyl (C=O) groups excluding carboxylic acids is 1. The van der Waals surface area contributed by atoms with Gasteiger partial charge in [0, 0.05) is 25.1 Å². The summed E-state index contributed by atoms with van der Waals surface area (Å²) in [5.74, 6) is 6.14. The Morgan fingerprint density at radius 1 is 1.43 bits per heavy atom. The first kappa shape index (κ1) is 17.0. The highest BCUT2D eigenvalue weighted by Gasteiger charge is 2.08. The van der Waals surface area contributed by atoms with Crippen LogP contribution in [-0.4, -0.2) is 44.5 Å². The molecule has 114 valence electrons. The Hall–Kier alpha value is -2.03.